The molecule has 4 nitrogen and oxygen atoms in total. The number of thiophene rings is 1. The summed E-state index contributed by atoms with van der Waals surface area (Å²) >= 11 is 1.83. The molecule has 7 aromatic carbocycles. The maximum atomic E-state index is 6.47. The predicted molar refractivity (Wildman–Crippen MR) is 200 cm³/mol. The zero-order valence-electron chi connectivity index (χ0n) is 25.6. The van der Waals surface area contributed by atoms with Crippen molar-refractivity contribution in [3.05, 3.63) is 158 Å². The normalized spacial score (nSPS) is 11.8. The maximum Gasteiger partial charge on any atom is 0.227 e. The van der Waals surface area contributed by atoms with Crippen LogP contribution in [0.15, 0.2) is 167 Å². The fourth-order valence-electron chi connectivity index (χ4n) is 6.85. The number of hydrogen-bond donors (Lipinski definition) is 0. The number of benzene rings is 7. The molecule has 0 aliphatic rings. The molecule has 0 atom stereocenters. The van der Waals surface area contributed by atoms with Crippen LogP contribution in [0, 0.1) is 0 Å². The molecule has 48 heavy (non-hydrogen) atoms. The lowest BCUT2D eigenvalue weighted by Crippen LogP contribution is -2.10. The van der Waals surface area contributed by atoms with E-state index in [0.717, 1.165) is 55.7 Å². The smallest absolute Gasteiger partial charge is 0.227 e. The second-order valence-corrected chi connectivity index (χ2v) is 13.0. The van der Waals surface area contributed by atoms with Crippen molar-refractivity contribution >= 4 is 81.6 Å². The number of furan rings is 1. The molecule has 0 aliphatic carbocycles. The zero-order chi connectivity index (χ0) is 31.6. The summed E-state index contributed by atoms with van der Waals surface area (Å²) in [7, 11) is 0. The first-order chi connectivity index (χ1) is 23.8. The van der Waals surface area contributed by atoms with E-state index in [9.17, 15) is 0 Å². The molecule has 0 N–H and O–H groups in total. The molecule has 0 saturated carbocycles. The average molecular weight is 635 g/mol. The van der Waals surface area contributed by atoms with Crippen molar-refractivity contribution in [2.45, 2.75) is 0 Å². The van der Waals surface area contributed by atoms with Gasteiger partial charge in [0.05, 0.1) is 15.8 Å². The maximum absolute atomic E-state index is 6.47. The Kier molecular flexibility index (Phi) is 6.01. The van der Waals surface area contributed by atoms with Gasteiger partial charge in [-0.2, -0.15) is 0 Å². The first-order valence-electron chi connectivity index (χ1n) is 16.0. The molecule has 0 radical (unpaired) electrons. The second-order valence-electron chi connectivity index (χ2n) is 12.0. The van der Waals surface area contributed by atoms with Gasteiger partial charge in [0.25, 0.3) is 0 Å². The van der Waals surface area contributed by atoms with Crippen molar-refractivity contribution in [3.63, 3.8) is 0 Å². The van der Waals surface area contributed by atoms with E-state index in [1.807, 2.05) is 53.8 Å². The monoisotopic (exact) mass is 634 g/mol. The van der Waals surface area contributed by atoms with Crippen LogP contribution in [-0.2, 0) is 0 Å². The molecule has 3 aromatic heterocycles. The second kappa shape index (κ2) is 10.7. The summed E-state index contributed by atoms with van der Waals surface area (Å²) in [5, 5.41) is 4.44. The summed E-state index contributed by atoms with van der Waals surface area (Å²) < 4.78 is 15.4. The van der Waals surface area contributed by atoms with Crippen molar-refractivity contribution in [2.75, 3.05) is 4.90 Å². The third-order valence-corrected chi connectivity index (χ3v) is 10.3. The molecule has 0 bridgehead atoms. The summed E-state index contributed by atoms with van der Waals surface area (Å²) in [6.07, 6.45) is 0. The van der Waals surface area contributed by atoms with E-state index in [0.29, 0.717) is 5.89 Å². The molecule has 0 unspecified atom stereocenters. The van der Waals surface area contributed by atoms with E-state index in [-0.39, 0.29) is 0 Å². The van der Waals surface area contributed by atoms with Crippen LogP contribution in [0.2, 0.25) is 0 Å². The SMILES string of the molecule is c1ccc(-c2ccc(N(c3ccc4oc5ccc6nc(-c7ccccc7)oc6c5c4c3)c3cccc4c3sc3ccccc34)cc2)cc1. The Labute approximate surface area is 279 Å². The van der Waals surface area contributed by atoms with Gasteiger partial charge in [-0.25, -0.2) is 4.98 Å². The van der Waals surface area contributed by atoms with Gasteiger partial charge in [-0.15, -0.1) is 11.3 Å². The molecule has 3 heterocycles. The number of hydrogen-bond acceptors (Lipinski definition) is 5. The van der Waals surface area contributed by atoms with Crippen LogP contribution >= 0.6 is 11.3 Å². The lowest BCUT2D eigenvalue weighted by atomic mass is 10.0. The van der Waals surface area contributed by atoms with E-state index in [1.165, 1.54) is 31.3 Å². The van der Waals surface area contributed by atoms with Crippen LogP contribution in [0.1, 0.15) is 0 Å². The first kappa shape index (κ1) is 27.0. The van der Waals surface area contributed by atoms with E-state index in [2.05, 4.69) is 120 Å². The fourth-order valence-corrected chi connectivity index (χ4v) is 8.05. The van der Waals surface area contributed by atoms with E-state index in [4.69, 9.17) is 13.8 Å². The molecule has 0 saturated heterocycles. The first-order valence-corrected chi connectivity index (χ1v) is 16.8. The number of nitrogens with zero attached hydrogens (tertiary/aromatic N) is 2. The van der Waals surface area contributed by atoms with Crippen LogP contribution in [0.25, 0.3) is 75.8 Å². The summed E-state index contributed by atoms with van der Waals surface area (Å²) in [5.41, 5.74) is 9.66. The summed E-state index contributed by atoms with van der Waals surface area (Å²) in [6, 6.07) is 55.1. The molecule has 0 aliphatic heterocycles. The van der Waals surface area contributed by atoms with Gasteiger partial charge < -0.3 is 13.7 Å². The Morgan fingerprint density at radius 3 is 2.02 bits per heavy atom. The summed E-state index contributed by atoms with van der Waals surface area (Å²) in [4.78, 5) is 7.20. The molecular weight excluding hydrogens is 609 g/mol. The van der Waals surface area contributed by atoms with Crippen LogP contribution in [0.4, 0.5) is 17.1 Å². The average Bonchev–Trinajstić information content (AvgIpc) is 3.86. The van der Waals surface area contributed by atoms with Crippen LogP contribution in [0.3, 0.4) is 0 Å². The Hall–Kier alpha value is -6.17. The lowest BCUT2D eigenvalue weighted by molar-refractivity contribution is 0.622. The highest BCUT2D eigenvalue weighted by molar-refractivity contribution is 7.26. The molecule has 10 aromatic rings. The van der Waals surface area contributed by atoms with Gasteiger partial charge in [0.1, 0.15) is 16.7 Å². The molecule has 0 amide bonds. The van der Waals surface area contributed by atoms with Gasteiger partial charge in [0.2, 0.25) is 5.89 Å². The minimum absolute atomic E-state index is 0.597. The van der Waals surface area contributed by atoms with E-state index < -0.39 is 0 Å². The Balaban J connectivity index is 1.20. The highest BCUT2D eigenvalue weighted by Crippen LogP contribution is 2.46. The molecule has 0 fully saturated rings. The van der Waals surface area contributed by atoms with Crippen LogP contribution in [0.5, 0.6) is 0 Å². The predicted octanol–water partition coefficient (Wildman–Crippen LogP) is 12.9. The third kappa shape index (κ3) is 4.25. The molecule has 226 valence electrons. The van der Waals surface area contributed by atoms with Gasteiger partial charge >= 0.3 is 0 Å². The van der Waals surface area contributed by atoms with Gasteiger partial charge in [-0.05, 0) is 77.9 Å². The van der Waals surface area contributed by atoms with Crippen molar-refractivity contribution < 1.29 is 8.83 Å². The number of anilines is 3. The summed E-state index contributed by atoms with van der Waals surface area (Å²) in [5.74, 6) is 0.597. The number of aromatic nitrogens is 1. The lowest BCUT2D eigenvalue weighted by Gasteiger charge is -2.26. The molecule has 0 spiro atoms. The van der Waals surface area contributed by atoms with Crippen molar-refractivity contribution in [3.8, 4) is 22.6 Å². The summed E-state index contributed by atoms with van der Waals surface area (Å²) in [6.45, 7) is 0. The Morgan fingerprint density at radius 1 is 0.500 bits per heavy atom. The quantitative estimate of drug-likeness (QED) is 0.189. The number of fused-ring (bicyclic) bond motifs is 8. The standard InChI is InChI=1S/C43H26N2O2S/c1-3-10-27(11-4-1)28-18-20-30(21-19-28)45(36-16-9-15-33-32-14-7-8-17-39(32)48-42(33)36)31-22-24-37-34(26-31)40-38(46-37)25-23-35-41(40)47-43(44-35)29-12-5-2-6-13-29/h1-26H. The van der Waals surface area contributed by atoms with E-state index in [1.54, 1.807) is 0 Å². The van der Waals surface area contributed by atoms with Crippen LogP contribution < -0.4 is 4.90 Å². The van der Waals surface area contributed by atoms with Crippen molar-refractivity contribution in [1.82, 2.24) is 4.98 Å². The minimum Gasteiger partial charge on any atom is -0.456 e. The van der Waals surface area contributed by atoms with Crippen molar-refractivity contribution in [1.29, 1.82) is 0 Å². The third-order valence-electron chi connectivity index (χ3n) is 9.11. The highest BCUT2D eigenvalue weighted by Gasteiger charge is 2.21. The number of rotatable bonds is 5. The Bertz CT molecular complexity index is 2780. The number of oxazole rings is 1. The zero-order valence-corrected chi connectivity index (χ0v) is 26.4. The van der Waals surface area contributed by atoms with Crippen molar-refractivity contribution in [2.24, 2.45) is 0 Å². The molecule has 10 rings (SSSR count). The van der Waals surface area contributed by atoms with Crippen LogP contribution in [-0.4, -0.2) is 4.98 Å². The Morgan fingerprint density at radius 2 is 1.19 bits per heavy atom. The molecule has 5 heteroatoms. The fraction of sp³-hybridized carbons (Fsp3) is 0. The highest BCUT2D eigenvalue weighted by atomic mass is 32.1. The largest absolute Gasteiger partial charge is 0.456 e. The minimum atomic E-state index is 0.597. The topological polar surface area (TPSA) is 42.4 Å². The van der Waals surface area contributed by atoms with Gasteiger partial charge in [-0.3, -0.25) is 0 Å². The van der Waals surface area contributed by atoms with Gasteiger partial charge in [0.15, 0.2) is 5.58 Å². The van der Waals surface area contributed by atoms with Gasteiger partial charge in [-0.1, -0.05) is 91.0 Å². The molecular formula is C43H26N2O2S. The van der Waals surface area contributed by atoms with Gasteiger partial charge in [0, 0.05) is 37.8 Å². The van der Waals surface area contributed by atoms with E-state index >= 15 is 0 Å².